The fourth-order valence-electron chi connectivity index (χ4n) is 3.22. The molecule has 1 N–H and O–H groups in total. The van der Waals surface area contributed by atoms with Gasteiger partial charge in [0.15, 0.2) is 0 Å². The maximum Gasteiger partial charge on any atom is 0.242 e. The molecule has 2 amide bonds. The average molecular weight is 381 g/mol. The van der Waals surface area contributed by atoms with Gasteiger partial charge in [0.2, 0.25) is 11.8 Å². The molecule has 4 nitrogen and oxygen atoms in total. The number of aryl methyl sites for hydroxylation is 2. The summed E-state index contributed by atoms with van der Waals surface area (Å²) in [5, 5.41) is 2.96. The van der Waals surface area contributed by atoms with Crippen LogP contribution in [-0.2, 0) is 22.6 Å². The number of carbonyl (C=O) groups excluding carboxylic acids is 2. The second-order valence-corrected chi connectivity index (χ2v) is 7.50. The Bertz CT molecular complexity index is 801. The zero-order valence-corrected chi connectivity index (χ0v) is 17.5. The molecule has 150 valence electrons. The van der Waals surface area contributed by atoms with Gasteiger partial charge in [0.05, 0.1) is 6.42 Å². The van der Waals surface area contributed by atoms with Crippen molar-refractivity contribution in [3.63, 3.8) is 0 Å². The van der Waals surface area contributed by atoms with Crippen LogP contribution in [0.15, 0.2) is 48.5 Å². The molecule has 2 aromatic carbocycles. The summed E-state index contributed by atoms with van der Waals surface area (Å²) in [5.41, 5.74) is 4.27. The first kappa shape index (κ1) is 21.7. The van der Waals surface area contributed by atoms with Crippen molar-refractivity contribution in [3.8, 4) is 0 Å². The number of hydrogen-bond acceptors (Lipinski definition) is 2. The van der Waals surface area contributed by atoms with Gasteiger partial charge in [-0.2, -0.15) is 0 Å². The van der Waals surface area contributed by atoms with Crippen molar-refractivity contribution in [1.82, 2.24) is 10.2 Å². The van der Waals surface area contributed by atoms with Crippen molar-refractivity contribution in [2.24, 2.45) is 0 Å². The summed E-state index contributed by atoms with van der Waals surface area (Å²) in [7, 11) is 0. The van der Waals surface area contributed by atoms with Gasteiger partial charge in [0.1, 0.15) is 6.04 Å². The van der Waals surface area contributed by atoms with Crippen molar-refractivity contribution in [3.05, 3.63) is 70.8 Å². The van der Waals surface area contributed by atoms with E-state index >= 15 is 0 Å². The monoisotopic (exact) mass is 380 g/mol. The molecule has 0 unspecified atom stereocenters. The molecule has 1 atom stereocenters. The first-order chi connectivity index (χ1) is 13.4. The lowest BCUT2D eigenvalue weighted by molar-refractivity contribution is -0.140. The van der Waals surface area contributed by atoms with Crippen LogP contribution in [0, 0.1) is 13.8 Å². The van der Waals surface area contributed by atoms with Crippen molar-refractivity contribution < 1.29 is 9.59 Å². The van der Waals surface area contributed by atoms with E-state index in [1.807, 2.05) is 63.2 Å². The molecular formula is C24H32N2O2. The maximum atomic E-state index is 13.1. The Morgan fingerprint density at radius 3 is 2.21 bits per heavy atom. The molecule has 0 radical (unpaired) electrons. The molecule has 4 heteroatoms. The molecule has 0 heterocycles. The number of benzene rings is 2. The minimum atomic E-state index is -0.519. The summed E-state index contributed by atoms with van der Waals surface area (Å²) in [6, 6.07) is 15.5. The number of unbranched alkanes of at least 4 members (excludes halogenated alkanes) is 1. The Morgan fingerprint density at radius 1 is 1.00 bits per heavy atom. The average Bonchev–Trinajstić information content (AvgIpc) is 2.65. The third kappa shape index (κ3) is 6.52. The third-order valence-corrected chi connectivity index (χ3v) is 4.87. The summed E-state index contributed by atoms with van der Waals surface area (Å²) >= 11 is 0. The summed E-state index contributed by atoms with van der Waals surface area (Å²) in [5.74, 6) is -0.135. The van der Waals surface area contributed by atoms with Crippen LogP contribution in [0.5, 0.6) is 0 Å². The molecule has 0 saturated carbocycles. The smallest absolute Gasteiger partial charge is 0.242 e. The largest absolute Gasteiger partial charge is 0.354 e. The number of nitrogens with zero attached hydrogens (tertiary/aromatic N) is 1. The Kier molecular flexibility index (Phi) is 8.24. The Balaban J connectivity index is 2.18. The molecule has 0 aromatic heterocycles. The Labute approximate surface area is 169 Å². The SMILES string of the molecule is CCCCNC(=O)[C@H](C)N(Cc1cccc(C)c1)C(=O)Cc1cccc(C)c1. The lowest BCUT2D eigenvalue weighted by Crippen LogP contribution is -2.48. The predicted molar refractivity (Wildman–Crippen MR) is 114 cm³/mol. The molecule has 0 fully saturated rings. The van der Waals surface area contributed by atoms with E-state index in [1.54, 1.807) is 4.90 Å². The van der Waals surface area contributed by atoms with Crippen LogP contribution in [0.2, 0.25) is 0 Å². The van der Waals surface area contributed by atoms with Gasteiger partial charge in [-0.1, -0.05) is 73.0 Å². The van der Waals surface area contributed by atoms with E-state index in [1.165, 1.54) is 0 Å². The van der Waals surface area contributed by atoms with Crippen LogP contribution in [0.3, 0.4) is 0 Å². The first-order valence-electron chi connectivity index (χ1n) is 10.1. The topological polar surface area (TPSA) is 49.4 Å². The minimum Gasteiger partial charge on any atom is -0.354 e. The zero-order chi connectivity index (χ0) is 20.5. The second-order valence-electron chi connectivity index (χ2n) is 7.50. The quantitative estimate of drug-likeness (QED) is 0.664. The fraction of sp³-hybridized carbons (Fsp3) is 0.417. The molecule has 0 saturated heterocycles. The standard InChI is InChI=1S/C24H32N2O2/c1-5-6-13-25-24(28)20(4)26(17-22-12-8-10-19(3)15-22)23(27)16-21-11-7-9-18(2)14-21/h7-12,14-15,20H,5-6,13,16-17H2,1-4H3,(H,25,28)/t20-/m0/s1. The van der Waals surface area contributed by atoms with Crippen molar-refractivity contribution in [2.75, 3.05) is 6.54 Å². The van der Waals surface area contributed by atoms with Crippen molar-refractivity contribution in [1.29, 1.82) is 0 Å². The van der Waals surface area contributed by atoms with E-state index < -0.39 is 6.04 Å². The third-order valence-electron chi connectivity index (χ3n) is 4.87. The minimum absolute atomic E-state index is 0.0368. The summed E-state index contributed by atoms with van der Waals surface area (Å²) in [6.07, 6.45) is 2.25. The van der Waals surface area contributed by atoms with Crippen LogP contribution in [0.1, 0.15) is 48.9 Å². The molecule has 0 bridgehead atoms. The number of hydrogen-bond donors (Lipinski definition) is 1. The van der Waals surface area contributed by atoms with E-state index in [2.05, 4.69) is 18.3 Å². The number of rotatable bonds is 9. The van der Waals surface area contributed by atoms with E-state index in [-0.39, 0.29) is 11.8 Å². The molecule has 0 spiro atoms. The highest BCUT2D eigenvalue weighted by Crippen LogP contribution is 2.14. The number of amides is 2. The zero-order valence-electron chi connectivity index (χ0n) is 17.5. The molecule has 0 aliphatic heterocycles. The van der Waals surface area contributed by atoms with Crippen LogP contribution in [0.4, 0.5) is 0 Å². The van der Waals surface area contributed by atoms with Gasteiger partial charge in [-0.25, -0.2) is 0 Å². The highest BCUT2D eigenvalue weighted by Gasteiger charge is 2.26. The van der Waals surface area contributed by atoms with E-state index in [0.29, 0.717) is 19.5 Å². The highest BCUT2D eigenvalue weighted by atomic mass is 16.2. The molecule has 2 rings (SSSR count). The Hall–Kier alpha value is -2.62. The van der Waals surface area contributed by atoms with Crippen molar-refractivity contribution >= 4 is 11.8 Å². The lowest BCUT2D eigenvalue weighted by Gasteiger charge is -2.29. The van der Waals surface area contributed by atoms with Crippen molar-refractivity contribution in [2.45, 2.75) is 59.5 Å². The predicted octanol–water partition coefficient (Wildman–Crippen LogP) is 4.18. The van der Waals surface area contributed by atoms with Crippen LogP contribution in [0.25, 0.3) is 0 Å². The van der Waals surface area contributed by atoms with Crippen LogP contribution < -0.4 is 5.32 Å². The van der Waals surface area contributed by atoms with Gasteiger partial charge < -0.3 is 10.2 Å². The molecule has 0 aliphatic carbocycles. The van der Waals surface area contributed by atoms with Crippen LogP contribution >= 0.6 is 0 Å². The molecule has 28 heavy (non-hydrogen) atoms. The highest BCUT2D eigenvalue weighted by molar-refractivity contribution is 5.88. The number of carbonyl (C=O) groups is 2. The summed E-state index contributed by atoms with van der Waals surface area (Å²) < 4.78 is 0. The van der Waals surface area contributed by atoms with Crippen LogP contribution in [-0.4, -0.2) is 29.3 Å². The van der Waals surface area contributed by atoms with E-state index in [4.69, 9.17) is 0 Å². The fourth-order valence-corrected chi connectivity index (χ4v) is 3.22. The second kappa shape index (κ2) is 10.6. The lowest BCUT2D eigenvalue weighted by atomic mass is 10.1. The summed E-state index contributed by atoms with van der Waals surface area (Å²) in [6.45, 7) is 9.01. The Morgan fingerprint density at radius 2 is 1.61 bits per heavy atom. The summed E-state index contributed by atoms with van der Waals surface area (Å²) in [4.78, 5) is 27.5. The maximum absolute atomic E-state index is 13.1. The van der Waals surface area contributed by atoms with Gasteiger partial charge in [0.25, 0.3) is 0 Å². The molecule has 0 aliphatic rings. The number of nitrogens with one attached hydrogen (secondary N) is 1. The van der Waals surface area contributed by atoms with Gasteiger partial charge in [-0.15, -0.1) is 0 Å². The molecular weight excluding hydrogens is 348 g/mol. The van der Waals surface area contributed by atoms with Gasteiger partial charge in [-0.05, 0) is 38.3 Å². The first-order valence-corrected chi connectivity index (χ1v) is 10.1. The van der Waals surface area contributed by atoms with Gasteiger partial charge in [-0.3, -0.25) is 9.59 Å². The normalized spacial score (nSPS) is 11.7. The van der Waals surface area contributed by atoms with E-state index in [9.17, 15) is 9.59 Å². The van der Waals surface area contributed by atoms with E-state index in [0.717, 1.165) is 35.1 Å². The van der Waals surface area contributed by atoms with Gasteiger partial charge >= 0.3 is 0 Å². The van der Waals surface area contributed by atoms with Gasteiger partial charge in [0, 0.05) is 13.1 Å². The molecule has 2 aromatic rings.